The quantitative estimate of drug-likeness (QED) is 0.247. The molecule has 0 bridgehead atoms. The summed E-state index contributed by atoms with van der Waals surface area (Å²) < 4.78 is 67.9. The number of halogens is 4. The first-order valence-electron chi connectivity index (χ1n) is 10.7. The summed E-state index contributed by atoms with van der Waals surface area (Å²) in [5.41, 5.74) is 0.0590. The largest absolute Gasteiger partial charge is 0.439 e. The predicted octanol–water partition coefficient (Wildman–Crippen LogP) is 7.29. The zero-order valence-corrected chi connectivity index (χ0v) is 22.1. The van der Waals surface area contributed by atoms with Crippen molar-refractivity contribution in [3.8, 4) is 11.6 Å². The van der Waals surface area contributed by atoms with Crippen LogP contribution in [0.5, 0.6) is 11.6 Å². The number of thiophene rings is 1. The Labute approximate surface area is 220 Å². The molecule has 12 heteroatoms. The normalized spacial score (nSPS) is 12.5. The molecule has 0 spiro atoms. The minimum atomic E-state index is -4.47. The van der Waals surface area contributed by atoms with Gasteiger partial charge in [0.1, 0.15) is 10.9 Å². The highest BCUT2D eigenvalue weighted by Crippen LogP contribution is 2.35. The number of hydrogen-bond acceptors (Lipinski definition) is 6. The van der Waals surface area contributed by atoms with Crippen LogP contribution in [-0.4, -0.2) is 25.6 Å². The van der Waals surface area contributed by atoms with Crippen molar-refractivity contribution in [2.75, 3.05) is 11.6 Å². The summed E-state index contributed by atoms with van der Waals surface area (Å²) >= 11 is 7.29. The van der Waals surface area contributed by atoms with Crippen molar-refractivity contribution in [2.45, 2.75) is 24.8 Å². The van der Waals surface area contributed by atoms with Crippen molar-refractivity contribution in [2.24, 2.45) is 0 Å². The van der Waals surface area contributed by atoms with Crippen LogP contribution in [0.2, 0.25) is 5.15 Å². The molecule has 2 aromatic heterocycles. The Bertz CT molecular complexity index is 1600. The van der Waals surface area contributed by atoms with E-state index in [9.17, 15) is 26.4 Å². The Kier molecular flexibility index (Phi) is 7.00. The Morgan fingerprint density at radius 3 is 2.27 bits per heavy atom. The number of nitrogens with one attached hydrogen (secondary N) is 1. The summed E-state index contributed by atoms with van der Waals surface area (Å²) in [5.74, 6) is -0.350. The maximum atomic E-state index is 12.9. The second kappa shape index (κ2) is 9.62. The molecular formula is C25H20ClF3N2O4S2. The second-order valence-electron chi connectivity index (χ2n) is 8.74. The number of amides is 1. The SMILES string of the molecule is CC(C)(c1ccc2sc(C(=O)Nc3cc(Cl)nc(Oc4ccc(C(F)(F)F)cc4)c3)cc2c1)S(C)(=O)=O. The summed E-state index contributed by atoms with van der Waals surface area (Å²) in [4.78, 5) is 17.3. The number of aromatic nitrogens is 1. The summed E-state index contributed by atoms with van der Waals surface area (Å²) in [7, 11) is -3.37. The van der Waals surface area contributed by atoms with Crippen LogP contribution in [0.3, 0.4) is 0 Å². The lowest BCUT2D eigenvalue weighted by Gasteiger charge is -2.23. The van der Waals surface area contributed by atoms with Crippen molar-refractivity contribution in [1.29, 1.82) is 0 Å². The maximum Gasteiger partial charge on any atom is 0.416 e. The van der Waals surface area contributed by atoms with E-state index >= 15 is 0 Å². The standard InChI is InChI=1S/C25H20ClF3N2O4S2/c1-24(2,37(3,33)34)16-6-9-19-14(10-16)11-20(36-19)23(32)30-17-12-21(26)31-22(13-17)35-18-7-4-15(5-8-18)25(27,28)29/h4-13H,1-3H3,(H,30,31,32). The third kappa shape index (κ3) is 5.89. The van der Waals surface area contributed by atoms with Crippen LogP contribution >= 0.6 is 22.9 Å². The number of ether oxygens (including phenoxy) is 1. The molecule has 0 atom stereocenters. The van der Waals surface area contributed by atoms with Crippen LogP contribution in [-0.2, 0) is 20.8 Å². The van der Waals surface area contributed by atoms with Crippen molar-refractivity contribution >= 4 is 54.5 Å². The number of fused-ring (bicyclic) bond motifs is 1. The predicted molar refractivity (Wildman–Crippen MR) is 138 cm³/mol. The summed E-state index contributed by atoms with van der Waals surface area (Å²) in [6.45, 7) is 3.25. The molecule has 1 N–H and O–H groups in total. The number of nitrogens with zero attached hydrogens (tertiary/aromatic N) is 1. The Hall–Kier alpha value is -3.15. The first-order valence-corrected chi connectivity index (χ1v) is 13.8. The molecule has 2 heterocycles. The van der Waals surface area contributed by atoms with Crippen molar-refractivity contribution in [1.82, 2.24) is 4.98 Å². The lowest BCUT2D eigenvalue weighted by Crippen LogP contribution is -2.27. The fourth-order valence-corrected chi connectivity index (χ4v) is 5.06. The van der Waals surface area contributed by atoms with E-state index < -0.39 is 32.2 Å². The monoisotopic (exact) mass is 568 g/mol. The Balaban J connectivity index is 1.54. The number of carbonyl (C=O) groups excluding carboxylic acids is 1. The van der Waals surface area contributed by atoms with Gasteiger partial charge in [0, 0.05) is 22.7 Å². The topological polar surface area (TPSA) is 85.4 Å². The molecule has 1 amide bonds. The highest BCUT2D eigenvalue weighted by Gasteiger charge is 2.32. The number of alkyl halides is 3. The molecule has 37 heavy (non-hydrogen) atoms. The first-order chi connectivity index (χ1) is 17.1. The lowest BCUT2D eigenvalue weighted by atomic mass is 10.0. The second-order valence-corrected chi connectivity index (χ2v) is 12.8. The molecule has 6 nitrogen and oxygen atoms in total. The lowest BCUT2D eigenvalue weighted by molar-refractivity contribution is -0.137. The van der Waals surface area contributed by atoms with Crippen LogP contribution in [0.1, 0.15) is 34.6 Å². The fraction of sp³-hybridized carbons (Fsp3) is 0.200. The van der Waals surface area contributed by atoms with Crippen molar-refractivity contribution in [3.05, 3.63) is 81.8 Å². The van der Waals surface area contributed by atoms with E-state index in [4.69, 9.17) is 16.3 Å². The van der Waals surface area contributed by atoms with Gasteiger partial charge in [-0.15, -0.1) is 11.3 Å². The summed E-state index contributed by atoms with van der Waals surface area (Å²) in [5, 5.41) is 3.44. The van der Waals surface area contributed by atoms with E-state index in [1.165, 1.54) is 29.7 Å². The van der Waals surface area contributed by atoms with Crippen LogP contribution in [0.15, 0.2) is 60.7 Å². The Morgan fingerprint density at radius 2 is 1.65 bits per heavy atom. The van der Waals surface area contributed by atoms with Gasteiger partial charge in [-0.25, -0.2) is 13.4 Å². The minimum absolute atomic E-state index is 0.00343. The van der Waals surface area contributed by atoms with Crippen LogP contribution in [0, 0.1) is 0 Å². The molecule has 0 fully saturated rings. The molecule has 0 aliphatic heterocycles. The smallest absolute Gasteiger partial charge is 0.416 e. The van der Waals surface area contributed by atoms with Crippen LogP contribution in [0.25, 0.3) is 10.1 Å². The number of anilines is 1. The van der Waals surface area contributed by atoms with E-state index in [-0.39, 0.29) is 22.5 Å². The number of benzene rings is 2. The average molecular weight is 569 g/mol. The summed E-state index contributed by atoms with van der Waals surface area (Å²) in [6.07, 6.45) is -3.29. The van der Waals surface area contributed by atoms with Crippen molar-refractivity contribution < 1.29 is 31.1 Å². The highest BCUT2D eigenvalue weighted by atomic mass is 35.5. The number of carbonyl (C=O) groups is 1. The van der Waals surface area contributed by atoms with Gasteiger partial charge in [0.15, 0.2) is 9.84 Å². The van der Waals surface area contributed by atoms with E-state index in [0.29, 0.717) is 10.4 Å². The zero-order valence-electron chi connectivity index (χ0n) is 19.7. The van der Waals surface area contributed by atoms with E-state index in [0.717, 1.165) is 34.4 Å². The fourth-order valence-electron chi connectivity index (χ4n) is 3.37. The van der Waals surface area contributed by atoms with E-state index in [2.05, 4.69) is 10.3 Å². The molecule has 0 saturated carbocycles. The van der Waals surface area contributed by atoms with Gasteiger partial charge in [-0.3, -0.25) is 4.79 Å². The van der Waals surface area contributed by atoms with Gasteiger partial charge in [0.2, 0.25) is 5.88 Å². The number of hydrogen-bond donors (Lipinski definition) is 1. The molecule has 0 saturated heterocycles. The molecule has 0 radical (unpaired) electrons. The van der Waals surface area contributed by atoms with Gasteiger partial charge >= 0.3 is 6.18 Å². The number of pyridine rings is 1. The van der Waals surface area contributed by atoms with Gasteiger partial charge < -0.3 is 10.1 Å². The van der Waals surface area contributed by atoms with Crippen molar-refractivity contribution in [3.63, 3.8) is 0 Å². The average Bonchev–Trinajstić information content (AvgIpc) is 3.21. The molecule has 4 rings (SSSR count). The third-order valence-corrected chi connectivity index (χ3v) is 9.19. The molecular weight excluding hydrogens is 549 g/mol. The molecule has 2 aromatic carbocycles. The number of rotatable bonds is 6. The molecule has 0 unspecified atom stereocenters. The van der Waals surface area contributed by atoms with Gasteiger partial charge in [0.05, 0.1) is 15.2 Å². The van der Waals surface area contributed by atoms with Gasteiger partial charge in [0.25, 0.3) is 5.91 Å². The van der Waals surface area contributed by atoms with Gasteiger partial charge in [-0.2, -0.15) is 13.2 Å². The minimum Gasteiger partial charge on any atom is -0.439 e. The molecule has 4 aromatic rings. The Morgan fingerprint density at radius 1 is 1.00 bits per heavy atom. The number of sulfone groups is 1. The summed E-state index contributed by atoms with van der Waals surface area (Å²) in [6, 6.07) is 13.8. The molecule has 0 aliphatic rings. The highest BCUT2D eigenvalue weighted by molar-refractivity contribution is 7.91. The van der Waals surface area contributed by atoms with Gasteiger partial charge in [-0.05, 0) is 73.3 Å². The van der Waals surface area contributed by atoms with Crippen LogP contribution in [0.4, 0.5) is 18.9 Å². The van der Waals surface area contributed by atoms with Crippen LogP contribution < -0.4 is 10.1 Å². The molecule has 0 aliphatic carbocycles. The van der Waals surface area contributed by atoms with E-state index in [1.807, 2.05) is 0 Å². The van der Waals surface area contributed by atoms with Gasteiger partial charge in [-0.1, -0.05) is 17.7 Å². The van der Waals surface area contributed by atoms with E-state index in [1.54, 1.807) is 38.1 Å². The zero-order chi connectivity index (χ0) is 27.2. The maximum absolute atomic E-state index is 12.9. The third-order valence-electron chi connectivity index (χ3n) is 5.79. The molecule has 194 valence electrons. The first kappa shape index (κ1) is 26.9.